The number of rotatable bonds is 5. The van der Waals surface area contributed by atoms with Gasteiger partial charge in [0, 0.05) is 18.0 Å². The van der Waals surface area contributed by atoms with Crippen LogP contribution in [0.3, 0.4) is 0 Å². The van der Waals surface area contributed by atoms with E-state index in [1.807, 2.05) is 42.5 Å². The first-order valence-electron chi connectivity index (χ1n) is 6.75. The quantitative estimate of drug-likeness (QED) is 0.781. The van der Waals surface area contributed by atoms with Crippen molar-refractivity contribution in [3.05, 3.63) is 54.9 Å². The first kappa shape index (κ1) is 15.0. The van der Waals surface area contributed by atoms with Crippen LogP contribution in [0.1, 0.15) is 0 Å². The Kier molecular flexibility index (Phi) is 4.72. The number of thiazole rings is 1. The number of benzene rings is 1. The molecule has 4 nitrogen and oxygen atoms in total. The molecule has 0 aliphatic heterocycles. The Balaban J connectivity index is 2.12. The average Bonchev–Trinajstić information content (AvgIpc) is 3.02. The lowest BCUT2D eigenvalue weighted by Gasteiger charge is -2.01. The van der Waals surface area contributed by atoms with Gasteiger partial charge in [0.15, 0.2) is 4.34 Å². The van der Waals surface area contributed by atoms with Crippen LogP contribution in [0.5, 0.6) is 0 Å². The molecule has 22 heavy (non-hydrogen) atoms. The maximum atomic E-state index is 12.2. The number of hydrogen-bond donors (Lipinski definition) is 1. The second-order valence-corrected chi connectivity index (χ2v) is 7.28. The van der Waals surface area contributed by atoms with Crippen molar-refractivity contribution >= 4 is 22.1 Å². The van der Waals surface area contributed by atoms with E-state index in [1.165, 1.54) is 11.3 Å². The van der Waals surface area contributed by atoms with Gasteiger partial charge in [-0.15, -0.1) is 11.3 Å². The molecule has 1 N–H and O–H groups in total. The van der Waals surface area contributed by atoms with E-state index in [1.54, 1.807) is 12.4 Å². The molecule has 0 amide bonds. The van der Waals surface area contributed by atoms with Gasteiger partial charge in [-0.25, -0.2) is 4.98 Å². The molecule has 0 fully saturated rings. The lowest BCUT2D eigenvalue weighted by Crippen LogP contribution is -2.01. The molecule has 2 aromatic heterocycles. The molecule has 2 heterocycles. The van der Waals surface area contributed by atoms with Crippen molar-refractivity contribution < 1.29 is 9.32 Å². The van der Waals surface area contributed by atoms with Crippen molar-refractivity contribution in [1.82, 2.24) is 9.97 Å². The van der Waals surface area contributed by atoms with Crippen LogP contribution in [0.25, 0.3) is 21.7 Å². The SMILES string of the molecule is O=S(CCO)c1nc(-c2cccnc2)c(-c2ccccc2)s1. The molecule has 0 saturated heterocycles. The number of aromatic nitrogens is 2. The largest absolute Gasteiger partial charge is 0.395 e. The molecular formula is C16H14N2O2S2. The number of pyridine rings is 1. The molecule has 0 aliphatic carbocycles. The lowest BCUT2D eigenvalue weighted by atomic mass is 10.1. The molecular weight excluding hydrogens is 316 g/mol. The zero-order valence-corrected chi connectivity index (χ0v) is 13.3. The molecule has 0 bridgehead atoms. The maximum absolute atomic E-state index is 12.2. The topological polar surface area (TPSA) is 63.1 Å². The summed E-state index contributed by atoms with van der Waals surface area (Å²) in [4.78, 5) is 9.65. The Morgan fingerprint density at radius 2 is 1.86 bits per heavy atom. The van der Waals surface area contributed by atoms with Crippen LogP contribution in [0.4, 0.5) is 0 Å². The van der Waals surface area contributed by atoms with Crippen molar-refractivity contribution in [1.29, 1.82) is 0 Å². The monoisotopic (exact) mass is 330 g/mol. The van der Waals surface area contributed by atoms with E-state index in [9.17, 15) is 4.21 Å². The minimum atomic E-state index is -1.28. The molecule has 1 unspecified atom stereocenters. The maximum Gasteiger partial charge on any atom is 0.181 e. The fraction of sp³-hybridized carbons (Fsp3) is 0.125. The molecule has 0 spiro atoms. The average molecular weight is 330 g/mol. The first-order valence-corrected chi connectivity index (χ1v) is 8.89. The third-order valence-electron chi connectivity index (χ3n) is 3.05. The third kappa shape index (κ3) is 3.14. The number of aliphatic hydroxyl groups is 1. The fourth-order valence-corrected chi connectivity index (χ4v) is 4.28. The molecule has 6 heteroatoms. The summed E-state index contributed by atoms with van der Waals surface area (Å²) >= 11 is 1.41. The van der Waals surface area contributed by atoms with E-state index in [0.717, 1.165) is 21.7 Å². The fourth-order valence-electron chi connectivity index (χ4n) is 2.05. The van der Waals surface area contributed by atoms with E-state index >= 15 is 0 Å². The molecule has 0 radical (unpaired) electrons. The number of hydrogen-bond acceptors (Lipinski definition) is 5. The van der Waals surface area contributed by atoms with Crippen molar-refractivity contribution in [3.63, 3.8) is 0 Å². The summed E-state index contributed by atoms with van der Waals surface area (Å²) in [5.41, 5.74) is 2.71. The van der Waals surface area contributed by atoms with E-state index in [2.05, 4.69) is 9.97 Å². The molecule has 112 valence electrons. The van der Waals surface area contributed by atoms with Crippen LogP contribution in [-0.4, -0.2) is 31.6 Å². The molecule has 0 saturated carbocycles. The van der Waals surface area contributed by atoms with Gasteiger partial charge in [-0.2, -0.15) is 0 Å². The zero-order valence-electron chi connectivity index (χ0n) is 11.7. The van der Waals surface area contributed by atoms with Crippen LogP contribution in [0.2, 0.25) is 0 Å². The molecule has 0 aliphatic rings. The predicted octanol–water partition coefficient (Wildman–Crippen LogP) is 2.97. The summed E-state index contributed by atoms with van der Waals surface area (Å²) in [5, 5.41) is 8.98. The smallest absolute Gasteiger partial charge is 0.181 e. The normalized spacial score (nSPS) is 12.2. The molecule has 1 atom stereocenters. The van der Waals surface area contributed by atoms with Gasteiger partial charge in [0.1, 0.15) is 0 Å². The highest BCUT2D eigenvalue weighted by Crippen LogP contribution is 2.37. The standard InChI is InChI=1S/C16H14N2O2S2/c19-9-10-22(20)16-18-14(13-7-4-8-17-11-13)15(21-16)12-5-2-1-3-6-12/h1-8,11,19H,9-10H2. The lowest BCUT2D eigenvalue weighted by molar-refractivity contribution is 0.321. The minimum Gasteiger partial charge on any atom is -0.395 e. The zero-order chi connectivity index (χ0) is 15.4. The summed E-state index contributed by atoms with van der Waals surface area (Å²) in [6, 6.07) is 13.7. The second-order valence-electron chi connectivity index (χ2n) is 4.54. The number of aliphatic hydroxyl groups excluding tert-OH is 1. The van der Waals surface area contributed by atoms with E-state index < -0.39 is 10.8 Å². The van der Waals surface area contributed by atoms with Crippen LogP contribution in [-0.2, 0) is 10.8 Å². The van der Waals surface area contributed by atoms with E-state index in [4.69, 9.17) is 5.11 Å². The van der Waals surface area contributed by atoms with Crippen molar-refractivity contribution in [2.75, 3.05) is 12.4 Å². The van der Waals surface area contributed by atoms with Gasteiger partial charge >= 0.3 is 0 Å². The first-order chi connectivity index (χ1) is 10.8. The Hall–Kier alpha value is -1.89. The Morgan fingerprint density at radius 1 is 1.09 bits per heavy atom. The Morgan fingerprint density at radius 3 is 2.55 bits per heavy atom. The minimum absolute atomic E-state index is 0.116. The second kappa shape index (κ2) is 6.91. The van der Waals surface area contributed by atoms with Crippen molar-refractivity contribution in [3.8, 4) is 21.7 Å². The van der Waals surface area contributed by atoms with Gasteiger partial charge in [0.2, 0.25) is 0 Å². The highest BCUT2D eigenvalue weighted by atomic mass is 32.2. The predicted molar refractivity (Wildman–Crippen MR) is 89.1 cm³/mol. The van der Waals surface area contributed by atoms with Gasteiger partial charge in [-0.1, -0.05) is 30.3 Å². The highest BCUT2D eigenvalue weighted by Gasteiger charge is 2.18. The van der Waals surface area contributed by atoms with E-state index in [0.29, 0.717) is 4.34 Å². The van der Waals surface area contributed by atoms with Gasteiger partial charge in [-0.3, -0.25) is 9.19 Å². The van der Waals surface area contributed by atoms with Crippen molar-refractivity contribution in [2.45, 2.75) is 4.34 Å². The van der Waals surface area contributed by atoms with Gasteiger partial charge in [0.25, 0.3) is 0 Å². The van der Waals surface area contributed by atoms with Crippen LogP contribution in [0.15, 0.2) is 59.2 Å². The van der Waals surface area contributed by atoms with Gasteiger partial charge < -0.3 is 5.11 Å². The summed E-state index contributed by atoms with van der Waals surface area (Å²) in [6.07, 6.45) is 3.46. The Labute approximate surface area is 135 Å². The third-order valence-corrected chi connectivity index (χ3v) is 5.79. The highest BCUT2D eigenvalue weighted by molar-refractivity contribution is 7.87. The van der Waals surface area contributed by atoms with Crippen LogP contribution >= 0.6 is 11.3 Å². The van der Waals surface area contributed by atoms with E-state index in [-0.39, 0.29) is 12.4 Å². The molecule has 3 rings (SSSR count). The summed E-state index contributed by atoms with van der Waals surface area (Å²) in [7, 11) is -1.28. The van der Waals surface area contributed by atoms with Gasteiger partial charge in [-0.05, 0) is 17.7 Å². The summed E-state index contributed by atoms with van der Waals surface area (Å²) in [6.45, 7) is -0.116. The van der Waals surface area contributed by atoms with Crippen LogP contribution in [0, 0.1) is 0 Å². The Bertz CT molecular complexity index is 716. The summed E-state index contributed by atoms with van der Waals surface area (Å²) < 4.78 is 12.7. The molecule has 1 aromatic carbocycles. The molecule has 3 aromatic rings. The summed E-state index contributed by atoms with van der Waals surface area (Å²) in [5.74, 6) is 0.203. The van der Waals surface area contributed by atoms with Crippen molar-refractivity contribution in [2.24, 2.45) is 0 Å². The van der Waals surface area contributed by atoms with Gasteiger partial charge in [0.05, 0.1) is 33.7 Å². The van der Waals surface area contributed by atoms with Crippen LogP contribution < -0.4 is 0 Å². The number of nitrogens with zero attached hydrogens (tertiary/aromatic N) is 2.